The zero-order valence-corrected chi connectivity index (χ0v) is 12.8. The maximum Gasteiger partial charge on any atom is 0.272 e. The van der Waals surface area contributed by atoms with Crippen molar-refractivity contribution in [2.24, 2.45) is 0 Å². The summed E-state index contributed by atoms with van der Waals surface area (Å²) in [7, 11) is 0. The lowest BCUT2D eigenvalue weighted by Gasteiger charge is -2.11. The van der Waals surface area contributed by atoms with Gasteiger partial charge in [-0.1, -0.05) is 36.6 Å². The van der Waals surface area contributed by atoms with E-state index in [1.807, 2.05) is 18.2 Å². The highest BCUT2D eigenvalue weighted by molar-refractivity contribution is 6.33. The minimum atomic E-state index is -0.163. The molecule has 1 amide bonds. The second-order valence-electron chi connectivity index (χ2n) is 5.36. The van der Waals surface area contributed by atoms with Gasteiger partial charge in [0.25, 0.3) is 5.91 Å². The molecule has 0 aliphatic heterocycles. The first-order valence-corrected chi connectivity index (χ1v) is 7.76. The van der Waals surface area contributed by atoms with Gasteiger partial charge >= 0.3 is 0 Å². The Morgan fingerprint density at radius 2 is 1.86 bits per heavy atom. The summed E-state index contributed by atoms with van der Waals surface area (Å²) in [6.07, 6.45) is 4.45. The first-order chi connectivity index (χ1) is 10.7. The first kappa shape index (κ1) is 14.8. The van der Waals surface area contributed by atoms with Crippen molar-refractivity contribution in [3.05, 3.63) is 47.1 Å². The fraction of sp³-hybridized carbons (Fsp3) is 0.312. The minimum absolute atomic E-state index is 0.163. The highest BCUT2D eigenvalue weighted by Gasteiger charge is 2.18. The molecule has 114 valence electrons. The molecule has 1 fully saturated rings. The lowest BCUT2D eigenvalue weighted by Crippen LogP contribution is -2.33. The van der Waals surface area contributed by atoms with E-state index in [1.165, 1.54) is 12.8 Å². The molecule has 5 nitrogen and oxygen atoms in total. The quantitative estimate of drug-likeness (QED) is 0.905. The Balaban J connectivity index is 1.64. The number of anilines is 2. The lowest BCUT2D eigenvalue weighted by molar-refractivity contribution is 0.0932. The molecule has 0 saturated heterocycles. The number of aromatic nitrogens is 2. The van der Waals surface area contributed by atoms with Crippen molar-refractivity contribution in [2.45, 2.75) is 31.7 Å². The number of hydrogen-bond donors (Lipinski definition) is 2. The number of hydrogen-bond acceptors (Lipinski definition) is 4. The number of halogens is 1. The third-order valence-electron chi connectivity index (χ3n) is 3.72. The summed E-state index contributed by atoms with van der Waals surface area (Å²) in [6.45, 7) is 0. The van der Waals surface area contributed by atoms with Crippen LogP contribution in [-0.2, 0) is 0 Å². The largest absolute Gasteiger partial charge is 0.348 e. The van der Waals surface area contributed by atoms with Crippen LogP contribution in [0.5, 0.6) is 0 Å². The van der Waals surface area contributed by atoms with Crippen LogP contribution < -0.4 is 10.6 Å². The van der Waals surface area contributed by atoms with Crippen LogP contribution in [0.1, 0.15) is 36.2 Å². The predicted molar refractivity (Wildman–Crippen MR) is 86.5 cm³/mol. The Bertz CT molecular complexity index is 653. The summed E-state index contributed by atoms with van der Waals surface area (Å²) >= 11 is 6.08. The molecule has 3 rings (SSSR count). The van der Waals surface area contributed by atoms with Crippen LogP contribution in [0.15, 0.2) is 36.4 Å². The fourth-order valence-electron chi connectivity index (χ4n) is 2.55. The van der Waals surface area contributed by atoms with Crippen molar-refractivity contribution in [3.63, 3.8) is 0 Å². The van der Waals surface area contributed by atoms with Crippen LogP contribution >= 0.6 is 11.6 Å². The van der Waals surface area contributed by atoms with E-state index in [1.54, 1.807) is 18.2 Å². The van der Waals surface area contributed by atoms with Crippen molar-refractivity contribution in [1.82, 2.24) is 15.5 Å². The number of amides is 1. The van der Waals surface area contributed by atoms with E-state index in [0.717, 1.165) is 18.5 Å². The van der Waals surface area contributed by atoms with Gasteiger partial charge in [0.05, 0.1) is 10.7 Å². The predicted octanol–water partition coefficient (Wildman–Crippen LogP) is 3.55. The SMILES string of the molecule is O=C(NC1CCCC1)c1ccc(Nc2ccccc2Cl)nn1. The van der Waals surface area contributed by atoms with Crippen LogP contribution in [-0.4, -0.2) is 22.1 Å². The molecule has 6 heteroatoms. The Morgan fingerprint density at radius 1 is 1.09 bits per heavy atom. The number of para-hydroxylation sites is 1. The monoisotopic (exact) mass is 316 g/mol. The molecule has 1 aromatic carbocycles. The Morgan fingerprint density at radius 3 is 2.55 bits per heavy atom. The van der Waals surface area contributed by atoms with Crippen LogP contribution in [0, 0.1) is 0 Å². The number of nitrogens with zero attached hydrogens (tertiary/aromatic N) is 2. The van der Waals surface area contributed by atoms with Gasteiger partial charge in [0.2, 0.25) is 0 Å². The standard InChI is InChI=1S/C16H17ClN4O/c17-12-7-3-4-8-13(12)19-15-10-9-14(20-21-15)16(22)18-11-5-1-2-6-11/h3-4,7-11H,1-2,5-6H2,(H,18,22)(H,19,21). The molecule has 1 aliphatic carbocycles. The molecule has 1 aliphatic rings. The summed E-state index contributed by atoms with van der Waals surface area (Å²) in [4.78, 5) is 12.1. The number of rotatable bonds is 4. The van der Waals surface area contributed by atoms with Crippen LogP contribution in [0.2, 0.25) is 5.02 Å². The van der Waals surface area contributed by atoms with Crippen molar-refractivity contribution >= 4 is 29.0 Å². The topological polar surface area (TPSA) is 66.9 Å². The van der Waals surface area contributed by atoms with Gasteiger partial charge in [-0.2, -0.15) is 0 Å². The van der Waals surface area contributed by atoms with Gasteiger partial charge in [0.1, 0.15) is 0 Å². The average Bonchev–Trinajstić information content (AvgIpc) is 3.03. The Labute approximate surface area is 134 Å². The van der Waals surface area contributed by atoms with Gasteiger partial charge in [-0.05, 0) is 37.1 Å². The number of nitrogens with one attached hydrogen (secondary N) is 2. The minimum Gasteiger partial charge on any atom is -0.348 e. The zero-order chi connectivity index (χ0) is 15.4. The second kappa shape index (κ2) is 6.75. The van der Waals surface area contributed by atoms with E-state index in [-0.39, 0.29) is 11.9 Å². The molecule has 2 aromatic rings. The first-order valence-electron chi connectivity index (χ1n) is 7.38. The van der Waals surface area contributed by atoms with Gasteiger partial charge in [-0.3, -0.25) is 4.79 Å². The van der Waals surface area contributed by atoms with Gasteiger partial charge in [0.15, 0.2) is 11.5 Å². The molecule has 1 saturated carbocycles. The fourth-order valence-corrected chi connectivity index (χ4v) is 2.73. The molecular weight excluding hydrogens is 300 g/mol. The van der Waals surface area contributed by atoms with Crippen LogP contribution in [0.4, 0.5) is 11.5 Å². The zero-order valence-electron chi connectivity index (χ0n) is 12.1. The molecule has 0 bridgehead atoms. The third-order valence-corrected chi connectivity index (χ3v) is 4.05. The van der Waals surface area contributed by atoms with E-state index >= 15 is 0 Å². The summed E-state index contributed by atoms with van der Waals surface area (Å²) in [5.41, 5.74) is 1.08. The normalized spacial score (nSPS) is 14.8. The molecule has 1 aromatic heterocycles. The molecular formula is C16H17ClN4O. The summed E-state index contributed by atoms with van der Waals surface area (Å²) in [5, 5.41) is 14.7. The van der Waals surface area contributed by atoms with Gasteiger partial charge in [-0.15, -0.1) is 10.2 Å². The molecule has 22 heavy (non-hydrogen) atoms. The summed E-state index contributed by atoms with van der Waals surface area (Å²) in [6, 6.07) is 11.0. The average molecular weight is 317 g/mol. The summed E-state index contributed by atoms with van der Waals surface area (Å²) < 4.78 is 0. The van der Waals surface area contributed by atoms with Crippen LogP contribution in [0.25, 0.3) is 0 Å². The Kier molecular flexibility index (Phi) is 4.53. The van der Waals surface area contributed by atoms with Crippen LogP contribution in [0.3, 0.4) is 0 Å². The molecule has 0 spiro atoms. The third kappa shape index (κ3) is 3.54. The molecule has 0 unspecified atom stereocenters. The van der Waals surface area contributed by atoms with E-state index in [2.05, 4.69) is 20.8 Å². The number of carbonyl (C=O) groups excluding carboxylic acids is 1. The van der Waals surface area contributed by atoms with E-state index < -0.39 is 0 Å². The van der Waals surface area contributed by atoms with Gasteiger partial charge < -0.3 is 10.6 Å². The smallest absolute Gasteiger partial charge is 0.272 e. The second-order valence-corrected chi connectivity index (χ2v) is 5.77. The maximum atomic E-state index is 12.1. The van der Waals surface area contributed by atoms with Gasteiger partial charge in [0, 0.05) is 6.04 Å². The number of carbonyl (C=O) groups is 1. The molecule has 0 atom stereocenters. The molecule has 2 N–H and O–H groups in total. The number of benzene rings is 1. The highest BCUT2D eigenvalue weighted by Crippen LogP contribution is 2.23. The molecule has 0 radical (unpaired) electrons. The van der Waals surface area contributed by atoms with Crippen molar-refractivity contribution in [2.75, 3.05) is 5.32 Å². The van der Waals surface area contributed by atoms with Crippen molar-refractivity contribution in [3.8, 4) is 0 Å². The maximum absolute atomic E-state index is 12.1. The summed E-state index contributed by atoms with van der Waals surface area (Å²) in [5.74, 6) is 0.384. The van der Waals surface area contributed by atoms with E-state index in [9.17, 15) is 4.79 Å². The van der Waals surface area contributed by atoms with Crippen molar-refractivity contribution < 1.29 is 4.79 Å². The Hall–Kier alpha value is -2.14. The van der Waals surface area contributed by atoms with Gasteiger partial charge in [-0.25, -0.2) is 0 Å². The highest BCUT2D eigenvalue weighted by atomic mass is 35.5. The molecule has 1 heterocycles. The van der Waals surface area contributed by atoms with E-state index in [0.29, 0.717) is 16.5 Å². The lowest BCUT2D eigenvalue weighted by atomic mass is 10.2. The van der Waals surface area contributed by atoms with Crippen molar-refractivity contribution in [1.29, 1.82) is 0 Å². The van der Waals surface area contributed by atoms with E-state index in [4.69, 9.17) is 11.6 Å².